The van der Waals surface area contributed by atoms with Crippen molar-refractivity contribution in [3.8, 4) is 11.1 Å². The summed E-state index contributed by atoms with van der Waals surface area (Å²) in [6.45, 7) is 1.30. The maximum atomic E-state index is 13.7. The van der Waals surface area contributed by atoms with Crippen molar-refractivity contribution in [3.05, 3.63) is 46.0 Å². The number of amides is 2. The number of fused-ring (bicyclic) bond motifs is 1. The standard InChI is InChI=1S/C23H21F4N7O2S/c1-9-12(7-33(2)31-9)11-5-13(20(24)25)29-23-17(11)18(19(37-23)22(28)36)30-16(35)8-34-15(10-3-4-10)6-14(32-34)21(26)27/h5-7,10,20-21H,3-4,8H2,1-2H3,(H2,28,36)(H,30,35). The SMILES string of the molecule is Cc1nn(C)cc1-c1cc(C(F)F)nc2sc(C(N)=O)c(NC(=O)Cn3nc(C(F)F)cc3C3CC3)c12. The lowest BCUT2D eigenvalue weighted by atomic mass is 10.0. The number of pyridine rings is 1. The highest BCUT2D eigenvalue weighted by atomic mass is 32.1. The van der Waals surface area contributed by atoms with Gasteiger partial charge in [0.15, 0.2) is 0 Å². The average molecular weight is 536 g/mol. The van der Waals surface area contributed by atoms with Gasteiger partial charge in [-0.1, -0.05) is 0 Å². The van der Waals surface area contributed by atoms with Gasteiger partial charge in [0.2, 0.25) is 5.91 Å². The number of aromatic nitrogens is 5. The molecule has 0 atom stereocenters. The maximum Gasteiger partial charge on any atom is 0.282 e. The van der Waals surface area contributed by atoms with Crippen LogP contribution in [0.15, 0.2) is 18.3 Å². The zero-order valence-corrected chi connectivity index (χ0v) is 20.5. The van der Waals surface area contributed by atoms with Crippen molar-refractivity contribution in [3.63, 3.8) is 0 Å². The molecule has 5 rings (SSSR count). The Labute approximate surface area is 211 Å². The molecule has 4 aromatic rings. The first-order valence-corrected chi connectivity index (χ1v) is 12.1. The van der Waals surface area contributed by atoms with E-state index < -0.39 is 42.6 Å². The molecule has 37 heavy (non-hydrogen) atoms. The summed E-state index contributed by atoms with van der Waals surface area (Å²) >= 11 is 0.777. The van der Waals surface area contributed by atoms with Crippen LogP contribution in [0.1, 0.15) is 64.1 Å². The van der Waals surface area contributed by atoms with Crippen LogP contribution >= 0.6 is 11.3 Å². The lowest BCUT2D eigenvalue weighted by molar-refractivity contribution is -0.117. The number of rotatable bonds is 8. The molecule has 194 valence electrons. The molecule has 2 amide bonds. The van der Waals surface area contributed by atoms with E-state index in [4.69, 9.17) is 5.73 Å². The van der Waals surface area contributed by atoms with E-state index in [1.807, 2.05) is 0 Å². The summed E-state index contributed by atoms with van der Waals surface area (Å²) in [6.07, 6.45) is -2.43. The number of nitrogens with two attached hydrogens (primary N) is 1. The Bertz CT molecular complexity index is 1540. The largest absolute Gasteiger partial charge is 0.365 e. The lowest BCUT2D eigenvalue weighted by Gasteiger charge is -2.11. The molecule has 0 spiro atoms. The molecule has 0 unspecified atom stereocenters. The third-order valence-electron chi connectivity index (χ3n) is 6.04. The minimum Gasteiger partial charge on any atom is -0.365 e. The van der Waals surface area contributed by atoms with Crippen molar-refractivity contribution in [1.82, 2.24) is 24.5 Å². The van der Waals surface area contributed by atoms with Crippen molar-refractivity contribution in [2.45, 2.75) is 45.1 Å². The minimum atomic E-state index is -2.89. The van der Waals surface area contributed by atoms with Crippen molar-refractivity contribution in [2.75, 3.05) is 5.32 Å². The molecule has 3 N–H and O–H groups in total. The van der Waals surface area contributed by atoms with Crippen LogP contribution < -0.4 is 11.1 Å². The van der Waals surface area contributed by atoms with Gasteiger partial charge in [-0.25, -0.2) is 22.5 Å². The van der Waals surface area contributed by atoms with E-state index in [1.165, 1.54) is 21.5 Å². The van der Waals surface area contributed by atoms with Crippen LogP contribution in [-0.2, 0) is 18.4 Å². The first-order chi connectivity index (χ1) is 17.5. The summed E-state index contributed by atoms with van der Waals surface area (Å²) in [5.74, 6) is -1.49. The third kappa shape index (κ3) is 4.68. The molecule has 14 heteroatoms. The molecular formula is C23H21F4N7O2S. The van der Waals surface area contributed by atoms with Gasteiger partial charge < -0.3 is 11.1 Å². The van der Waals surface area contributed by atoms with E-state index in [-0.39, 0.29) is 26.7 Å². The highest BCUT2D eigenvalue weighted by molar-refractivity contribution is 7.21. The zero-order valence-electron chi connectivity index (χ0n) is 19.6. The number of nitrogens with one attached hydrogen (secondary N) is 1. The monoisotopic (exact) mass is 535 g/mol. The fraction of sp³-hybridized carbons (Fsp3) is 0.348. The topological polar surface area (TPSA) is 121 Å². The minimum absolute atomic E-state index is 0.0123. The first-order valence-electron chi connectivity index (χ1n) is 11.2. The van der Waals surface area contributed by atoms with Gasteiger partial charge in [-0.2, -0.15) is 10.2 Å². The van der Waals surface area contributed by atoms with Crippen LogP contribution in [0, 0.1) is 6.92 Å². The van der Waals surface area contributed by atoms with Crippen molar-refractivity contribution >= 4 is 39.1 Å². The number of hydrogen-bond acceptors (Lipinski definition) is 6. The maximum absolute atomic E-state index is 13.7. The lowest BCUT2D eigenvalue weighted by Crippen LogP contribution is -2.22. The van der Waals surface area contributed by atoms with Gasteiger partial charge in [-0.05, 0) is 37.5 Å². The molecule has 4 heterocycles. The number of aryl methyl sites for hydroxylation is 2. The summed E-state index contributed by atoms with van der Waals surface area (Å²) in [4.78, 5) is 29.4. The Hall–Kier alpha value is -3.81. The molecule has 1 fully saturated rings. The molecule has 0 radical (unpaired) electrons. The quantitative estimate of drug-likeness (QED) is 0.317. The van der Waals surface area contributed by atoms with Crippen LogP contribution in [0.25, 0.3) is 21.3 Å². The number of thiophene rings is 1. The Balaban J connectivity index is 1.60. The number of primary amides is 1. The smallest absolute Gasteiger partial charge is 0.282 e. The summed E-state index contributed by atoms with van der Waals surface area (Å²) in [5.41, 5.74) is 6.51. The molecule has 9 nitrogen and oxygen atoms in total. The molecule has 0 aliphatic heterocycles. The second-order valence-electron chi connectivity index (χ2n) is 8.82. The number of anilines is 1. The van der Waals surface area contributed by atoms with Crippen LogP contribution in [0.3, 0.4) is 0 Å². The number of carbonyl (C=O) groups excluding carboxylic acids is 2. The summed E-state index contributed by atoms with van der Waals surface area (Å²) < 4.78 is 56.6. The molecule has 0 saturated heterocycles. The molecule has 1 aliphatic rings. The first kappa shape index (κ1) is 24.9. The van der Waals surface area contributed by atoms with E-state index in [0.29, 0.717) is 22.5 Å². The third-order valence-corrected chi connectivity index (χ3v) is 7.14. The van der Waals surface area contributed by atoms with Gasteiger partial charge in [0.05, 0.1) is 11.4 Å². The normalized spacial score (nSPS) is 13.7. The van der Waals surface area contributed by atoms with Crippen LogP contribution in [0.5, 0.6) is 0 Å². The summed E-state index contributed by atoms with van der Waals surface area (Å²) in [6, 6.07) is 2.49. The Morgan fingerprint density at radius 1 is 1.14 bits per heavy atom. The van der Waals surface area contributed by atoms with Crippen LogP contribution in [-0.4, -0.2) is 36.4 Å². The van der Waals surface area contributed by atoms with E-state index in [0.717, 1.165) is 24.2 Å². The highest BCUT2D eigenvalue weighted by Crippen LogP contribution is 2.44. The van der Waals surface area contributed by atoms with Crippen molar-refractivity contribution < 1.29 is 27.2 Å². The van der Waals surface area contributed by atoms with E-state index in [9.17, 15) is 27.2 Å². The number of halogens is 4. The summed E-state index contributed by atoms with van der Waals surface area (Å²) in [7, 11) is 1.67. The van der Waals surface area contributed by atoms with Gasteiger partial charge in [-0.3, -0.25) is 19.0 Å². The molecule has 4 aromatic heterocycles. The zero-order chi connectivity index (χ0) is 26.6. The van der Waals surface area contributed by atoms with Gasteiger partial charge >= 0.3 is 0 Å². The average Bonchev–Trinajstić information content (AvgIpc) is 3.34. The molecule has 0 aromatic carbocycles. The fourth-order valence-electron chi connectivity index (χ4n) is 4.31. The Morgan fingerprint density at radius 2 is 1.84 bits per heavy atom. The second-order valence-corrected chi connectivity index (χ2v) is 9.82. The van der Waals surface area contributed by atoms with Gasteiger partial charge in [0.1, 0.15) is 27.6 Å². The molecule has 1 saturated carbocycles. The fourth-order valence-corrected chi connectivity index (χ4v) is 5.32. The van der Waals surface area contributed by atoms with E-state index in [2.05, 4.69) is 20.5 Å². The Morgan fingerprint density at radius 3 is 2.41 bits per heavy atom. The number of hydrogen-bond donors (Lipinski definition) is 2. The van der Waals surface area contributed by atoms with Crippen LogP contribution in [0.2, 0.25) is 0 Å². The number of alkyl halides is 4. The van der Waals surface area contributed by atoms with Crippen LogP contribution in [0.4, 0.5) is 23.2 Å². The molecule has 0 bridgehead atoms. The molecule has 1 aliphatic carbocycles. The van der Waals surface area contributed by atoms with Gasteiger partial charge in [0, 0.05) is 35.8 Å². The van der Waals surface area contributed by atoms with Gasteiger partial charge in [0.25, 0.3) is 18.8 Å². The predicted octanol–water partition coefficient (Wildman–Crippen LogP) is 4.69. The van der Waals surface area contributed by atoms with Gasteiger partial charge in [-0.15, -0.1) is 11.3 Å². The Kier molecular flexibility index (Phi) is 6.22. The molecular weight excluding hydrogens is 514 g/mol. The second kappa shape index (κ2) is 9.25. The van der Waals surface area contributed by atoms with Crippen molar-refractivity contribution in [1.29, 1.82) is 0 Å². The number of nitrogens with zero attached hydrogens (tertiary/aromatic N) is 5. The van der Waals surface area contributed by atoms with E-state index >= 15 is 0 Å². The van der Waals surface area contributed by atoms with Crippen molar-refractivity contribution in [2.24, 2.45) is 12.8 Å². The highest BCUT2D eigenvalue weighted by Gasteiger charge is 2.31. The number of carbonyl (C=O) groups is 2. The predicted molar refractivity (Wildman–Crippen MR) is 128 cm³/mol. The summed E-state index contributed by atoms with van der Waals surface area (Å²) in [5, 5.41) is 11.0. The van der Waals surface area contributed by atoms with E-state index in [1.54, 1.807) is 20.2 Å².